The van der Waals surface area contributed by atoms with Gasteiger partial charge in [-0.2, -0.15) is 0 Å². The van der Waals surface area contributed by atoms with Crippen molar-refractivity contribution in [2.24, 2.45) is 0 Å². The number of methoxy groups -OCH3 is 1. The minimum atomic E-state index is -0.296. The number of benzene rings is 10. The Balaban J connectivity index is 0.000000715. The first kappa shape index (κ1) is 112. The topological polar surface area (TPSA) is 280 Å². The molecule has 15 aromatic rings. The number of hydrogen-bond acceptors (Lipinski definition) is 17. The summed E-state index contributed by atoms with van der Waals surface area (Å²) in [6.07, 6.45) is 5.83. The zero-order valence-corrected chi connectivity index (χ0v) is 83.0. The van der Waals surface area contributed by atoms with E-state index in [9.17, 15) is 33.5 Å². The molecular weight excluding hydrogens is 2480 g/mol. The SMILES string of the molecule is CC(=O)C=C(C)O.CC(=O)C=C(C)O.CC(=O)C=C(C)O.CC(=O)C=C(C)O.CC(=O)C=C(C)O.COc1c[c-]c(-c2ccc3ccccc3n2)cc1.Cc1ccc[c-]c1-c1ccc2ccccc2n1.Fc1ccc[c-]c1-c1ccc2ccccc2n1.OCc1ccc[c-]c1-c1ccc2ccccc2n1.[Ir].[Ir].[Ir].[Ir].[Ir].[c-]1ccccc1-c1ccc2ccccc2n1. The van der Waals surface area contributed by atoms with Crippen molar-refractivity contribution >= 4 is 83.4 Å². The molecule has 0 aliphatic carbocycles. The van der Waals surface area contributed by atoms with Crippen molar-refractivity contribution in [3.63, 3.8) is 0 Å². The van der Waals surface area contributed by atoms with Crippen molar-refractivity contribution in [1.82, 2.24) is 24.9 Å². The van der Waals surface area contributed by atoms with Gasteiger partial charge < -0.3 is 35.4 Å². The molecule has 0 aliphatic heterocycles. The van der Waals surface area contributed by atoms with Crippen LogP contribution in [0.2, 0.25) is 0 Å². The van der Waals surface area contributed by atoms with Gasteiger partial charge in [-0.05, 0) is 155 Å². The van der Waals surface area contributed by atoms with Gasteiger partial charge in [-0.3, -0.25) is 53.3 Å². The average molecular weight is 2570 g/mol. The summed E-state index contributed by atoms with van der Waals surface area (Å²) in [4.78, 5) is 73.1. The maximum absolute atomic E-state index is 13.6. The number of carbonyl (C=O) groups is 5. The van der Waals surface area contributed by atoms with Crippen molar-refractivity contribution in [3.8, 4) is 62.0 Å². The molecule has 661 valence electrons. The maximum Gasteiger partial charge on any atom is 0.155 e. The molecule has 15 rings (SSSR count). The number of ketones is 5. The fourth-order valence-electron chi connectivity index (χ4n) is 11.0. The largest absolute Gasteiger partial charge is 0.540 e. The third-order valence-corrected chi connectivity index (χ3v) is 16.1. The number of rotatable bonds is 12. The quantitative estimate of drug-likeness (QED) is 0.0377. The first-order chi connectivity index (χ1) is 58.0. The number of pyridine rings is 5. The smallest absolute Gasteiger partial charge is 0.155 e. The van der Waals surface area contributed by atoms with Crippen LogP contribution >= 0.6 is 0 Å². The van der Waals surface area contributed by atoms with E-state index in [1.807, 2.05) is 212 Å². The zero-order valence-electron chi connectivity index (χ0n) is 71.1. The van der Waals surface area contributed by atoms with Crippen molar-refractivity contribution in [1.29, 1.82) is 0 Å². The summed E-state index contributed by atoms with van der Waals surface area (Å²) in [7, 11) is 1.65. The molecule has 126 heavy (non-hydrogen) atoms. The molecule has 0 aliphatic rings. The molecule has 5 radical (unpaired) electrons. The number of aryl methyl sites for hydroxylation is 1. The molecule has 17 nitrogen and oxygen atoms in total. The third kappa shape index (κ3) is 41.4. The molecule has 0 amide bonds. The molecular formula is C103H95FIr5N5O12-5. The first-order valence-corrected chi connectivity index (χ1v) is 38.0. The molecule has 0 bridgehead atoms. The average Bonchev–Trinajstić information content (AvgIpc) is 0.820. The number of aliphatic hydroxyl groups is 6. The number of carbonyl (C=O) groups excluding carboxylic acids is 5. The molecule has 5 heterocycles. The van der Waals surface area contributed by atoms with Gasteiger partial charge >= 0.3 is 0 Å². The number of ether oxygens (including phenoxy) is 1. The van der Waals surface area contributed by atoms with Crippen LogP contribution in [-0.4, -0.2) is 91.6 Å². The van der Waals surface area contributed by atoms with Crippen LogP contribution in [0.1, 0.15) is 80.4 Å². The number of para-hydroxylation sites is 5. The van der Waals surface area contributed by atoms with E-state index in [0.29, 0.717) is 11.3 Å². The van der Waals surface area contributed by atoms with E-state index < -0.39 is 0 Å². The van der Waals surface area contributed by atoms with Crippen molar-refractivity contribution in [3.05, 3.63) is 386 Å². The summed E-state index contributed by atoms with van der Waals surface area (Å²) in [6, 6.07) is 106. The summed E-state index contributed by atoms with van der Waals surface area (Å²) in [5.41, 5.74) is 15.6. The predicted molar refractivity (Wildman–Crippen MR) is 483 cm³/mol. The van der Waals surface area contributed by atoms with Crippen LogP contribution in [0.15, 0.2) is 338 Å². The Bertz CT molecular complexity index is 5830. The number of allylic oxidation sites excluding steroid dienone is 10. The molecule has 10 aromatic carbocycles. The van der Waals surface area contributed by atoms with Crippen molar-refractivity contribution in [2.45, 2.75) is 82.8 Å². The van der Waals surface area contributed by atoms with Crippen molar-refractivity contribution in [2.75, 3.05) is 7.11 Å². The van der Waals surface area contributed by atoms with Gasteiger partial charge in [0.2, 0.25) is 0 Å². The van der Waals surface area contributed by atoms with Crippen LogP contribution < -0.4 is 4.74 Å². The zero-order chi connectivity index (χ0) is 88.2. The Morgan fingerprint density at radius 2 is 0.603 bits per heavy atom. The monoisotopic (exact) mass is 2580 g/mol. The Morgan fingerprint density at radius 1 is 0.317 bits per heavy atom. The summed E-state index contributed by atoms with van der Waals surface area (Å²) >= 11 is 0. The van der Waals surface area contributed by atoms with E-state index in [0.717, 1.165) is 100 Å². The van der Waals surface area contributed by atoms with Crippen LogP contribution in [0.4, 0.5) is 4.39 Å². The molecule has 23 heteroatoms. The number of halogens is 1. The van der Waals surface area contributed by atoms with E-state index in [1.54, 1.807) is 19.2 Å². The maximum atomic E-state index is 13.6. The normalized spacial score (nSPS) is 10.4. The van der Waals surface area contributed by atoms with E-state index in [4.69, 9.17) is 30.3 Å². The Morgan fingerprint density at radius 3 is 0.897 bits per heavy atom. The van der Waals surface area contributed by atoms with E-state index >= 15 is 0 Å². The van der Waals surface area contributed by atoms with Crippen molar-refractivity contribution < 1.29 is 164 Å². The fourth-order valence-corrected chi connectivity index (χ4v) is 11.0. The van der Waals surface area contributed by atoms with Crippen LogP contribution in [0.25, 0.3) is 111 Å². The number of hydrogen-bond donors (Lipinski definition) is 6. The second-order valence-electron chi connectivity index (χ2n) is 26.7. The molecule has 0 fully saturated rings. The molecule has 0 saturated heterocycles. The second kappa shape index (κ2) is 60.7. The Labute approximate surface area is 803 Å². The van der Waals surface area contributed by atoms with Gasteiger partial charge in [-0.1, -0.05) is 164 Å². The third-order valence-electron chi connectivity index (χ3n) is 16.1. The number of aromatic nitrogens is 5. The minimum absolute atomic E-state index is 0. The fraction of sp³-hybridized carbons (Fsp3) is 0.126. The molecule has 0 unspecified atom stereocenters. The van der Waals surface area contributed by atoms with Gasteiger partial charge in [0.1, 0.15) is 0 Å². The molecule has 0 spiro atoms. The first-order valence-electron chi connectivity index (χ1n) is 38.0. The summed E-state index contributed by atoms with van der Waals surface area (Å²) in [5, 5.41) is 56.8. The van der Waals surface area contributed by atoms with Crippen LogP contribution in [-0.2, 0) is 131 Å². The summed E-state index contributed by atoms with van der Waals surface area (Å²) in [5.74, 6) is 0.197. The standard InChI is InChI=1S/2C16H12NO.C16H12N.C15H9FN.C15H10N.5C5H8O2.5Ir/c1-18-14-9-6-13(7-10-14)16-11-8-12-4-2-3-5-15(12)17-16;18-11-13-6-1-3-7-14(13)16-10-9-12-5-2-4-8-15(12)17-16;1-12-6-2-4-8-14(12)16-11-10-13-7-3-5-9-15(13)17-16;16-13-7-3-2-6-12(13)15-10-9-11-5-1-4-8-14(11)17-15;1-2-6-12(7-3-1)15-11-10-13-8-4-5-9-14(13)16-15;5*1-4(6)3-5(2)7;;;;;/h2-6,8-11H,1H3;1-6,8-10,18H,11H2;2-7,9-11H,1H3;1-5,7-10H;1-6,8-11H;5*3,6H,1-2H3;;;;;/q5*-1;;;;;;;;;;. The van der Waals surface area contributed by atoms with Gasteiger partial charge in [0.15, 0.2) is 28.9 Å². The molecule has 5 aromatic heterocycles. The van der Waals surface area contributed by atoms with E-state index in [1.165, 1.54) is 122 Å². The molecule has 0 saturated carbocycles. The molecule has 6 N–H and O–H groups in total. The van der Waals surface area contributed by atoms with Gasteiger partial charge in [-0.15, -0.1) is 161 Å². The van der Waals surface area contributed by atoms with Crippen LogP contribution in [0.3, 0.4) is 0 Å². The van der Waals surface area contributed by atoms with Gasteiger partial charge in [0.05, 0.1) is 63.5 Å². The van der Waals surface area contributed by atoms with Gasteiger partial charge in [0.25, 0.3) is 0 Å². The molecule has 0 atom stereocenters. The Kier molecular flexibility index (Phi) is 54.1. The van der Waals surface area contributed by atoms with Gasteiger partial charge in [-0.25, -0.2) is 0 Å². The van der Waals surface area contributed by atoms with Crippen LogP contribution in [0.5, 0.6) is 5.75 Å². The second-order valence-corrected chi connectivity index (χ2v) is 26.7. The van der Waals surface area contributed by atoms with E-state index in [-0.39, 0.29) is 171 Å². The summed E-state index contributed by atoms with van der Waals surface area (Å²) < 4.78 is 18.7. The Hall–Kier alpha value is -11.8. The summed E-state index contributed by atoms with van der Waals surface area (Å²) in [6.45, 7) is 16.3. The van der Waals surface area contributed by atoms with Gasteiger partial charge in [0, 0.05) is 149 Å². The number of nitrogens with zero attached hydrogens (tertiary/aromatic N) is 5. The number of aliphatic hydroxyl groups excluding tert-OH is 6. The minimum Gasteiger partial charge on any atom is -0.540 e. The number of fused-ring (bicyclic) bond motifs is 5. The van der Waals surface area contributed by atoms with Crippen LogP contribution in [0, 0.1) is 43.1 Å². The van der Waals surface area contributed by atoms with E-state index in [2.05, 4.69) is 111 Å². The predicted octanol–water partition coefficient (Wildman–Crippen LogP) is 23.6.